The number of pyridine rings is 4. The fraction of sp³-hybridized carbons (Fsp3) is 0.0656. The molecule has 12 heterocycles. The maximum Gasteiger partial charge on any atom is 0.302 e. The minimum absolute atomic E-state index is 0.126. The lowest BCUT2D eigenvalue weighted by Crippen LogP contribution is -2.09. The van der Waals surface area contributed by atoms with Crippen molar-refractivity contribution in [3.8, 4) is 47.0 Å². The normalized spacial score (nSPS) is 11.1. The van der Waals surface area contributed by atoms with Crippen LogP contribution in [0.25, 0.3) is 87.2 Å². The van der Waals surface area contributed by atoms with Crippen LogP contribution in [-0.2, 0) is 28.2 Å². The maximum absolute atomic E-state index is 12.0. The van der Waals surface area contributed by atoms with Crippen LogP contribution in [0.1, 0.15) is 0 Å². The second-order valence-electron chi connectivity index (χ2n) is 19.6. The summed E-state index contributed by atoms with van der Waals surface area (Å²) in [6.07, 6.45) is 19.9. The predicted molar refractivity (Wildman–Crippen MR) is 326 cm³/mol. The molecular weight excluding hydrogens is 1130 g/mol. The summed E-state index contributed by atoms with van der Waals surface area (Å²) in [6.45, 7) is 0. The zero-order chi connectivity index (χ0) is 60.4. The van der Waals surface area contributed by atoms with Crippen LogP contribution in [0.4, 0.5) is 0 Å². The largest absolute Gasteiger partial charge is 0.426 e. The fourth-order valence-corrected chi connectivity index (χ4v) is 9.38. The van der Waals surface area contributed by atoms with Gasteiger partial charge in [-0.2, -0.15) is 35.2 Å². The molecule has 88 heavy (non-hydrogen) atoms. The van der Waals surface area contributed by atoms with Gasteiger partial charge in [0.25, 0.3) is 22.2 Å². The highest BCUT2D eigenvalue weighted by Crippen LogP contribution is 2.28. The van der Waals surface area contributed by atoms with Gasteiger partial charge in [-0.15, -0.1) is 0 Å². The van der Waals surface area contributed by atoms with Gasteiger partial charge in [-0.1, -0.05) is 0 Å². The number of H-pyrrole nitrogens is 4. The third-order valence-corrected chi connectivity index (χ3v) is 13.6. The summed E-state index contributed by atoms with van der Waals surface area (Å²) < 4.78 is 29.9. The van der Waals surface area contributed by atoms with Gasteiger partial charge < -0.3 is 23.5 Å². The quantitative estimate of drug-likeness (QED) is 0.111. The van der Waals surface area contributed by atoms with Gasteiger partial charge in [0.2, 0.25) is 0 Å². The zero-order valence-corrected chi connectivity index (χ0v) is 46.7. The van der Waals surface area contributed by atoms with E-state index in [1.807, 2.05) is 106 Å². The summed E-state index contributed by atoms with van der Waals surface area (Å²) in [4.78, 5) is 91.4. The van der Waals surface area contributed by atoms with E-state index in [0.717, 1.165) is 43.6 Å². The lowest BCUT2D eigenvalue weighted by Gasteiger charge is -2.06. The third kappa shape index (κ3) is 11.6. The van der Waals surface area contributed by atoms with Crippen molar-refractivity contribution >= 4 is 87.2 Å². The van der Waals surface area contributed by atoms with Gasteiger partial charge in [0, 0.05) is 106 Å². The van der Waals surface area contributed by atoms with E-state index >= 15 is 0 Å². The Morgan fingerprint density at radius 2 is 0.761 bits per heavy atom. The molecule has 27 heteroatoms. The van der Waals surface area contributed by atoms with E-state index in [2.05, 4.69) is 75.1 Å². The Hall–Kier alpha value is -12.8. The van der Waals surface area contributed by atoms with E-state index in [9.17, 15) is 19.2 Å². The van der Waals surface area contributed by atoms with Gasteiger partial charge in [0.1, 0.15) is 23.0 Å². The topological polar surface area (TPSA) is 330 Å². The number of aryl methyl sites for hydroxylation is 4. The van der Waals surface area contributed by atoms with Crippen LogP contribution < -0.4 is 41.2 Å². The minimum atomic E-state index is -0.263. The first kappa shape index (κ1) is 54.4. The molecule has 16 aromatic rings. The SMILES string of the molecule is Cn1cc2cc(Oc3nc4cnccc4c(=O)[nH]3)ccc2n1.Cn1cc2ccc(Oc3nc4cnccc4c(=O)[nH]3)cc2n1.Cn1ccc2ccc(Oc3nc4cnccc4c(=O)[nH]3)cc21.Cn1ncc2ccc(Oc3nc4cnccc4c(=O)[nH]3)cc21. The predicted octanol–water partition coefficient (Wildman–Crippen LogP) is 8.59. The fourth-order valence-electron chi connectivity index (χ4n) is 9.38. The van der Waals surface area contributed by atoms with E-state index < -0.39 is 0 Å². The zero-order valence-electron chi connectivity index (χ0n) is 46.7. The molecule has 0 amide bonds. The van der Waals surface area contributed by atoms with Crippen LogP contribution in [0.2, 0.25) is 0 Å². The molecule has 4 N–H and O–H groups in total. The first-order valence-corrected chi connectivity index (χ1v) is 26.7. The van der Waals surface area contributed by atoms with Crippen LogP contribution in [0.5, 0.6) is 47.0 Å². The van der Waals surface area contributed by atoms with Crippen molar-refractivity contribution in [1.29, 1.82) is 0 Å². The molecular formula is C61H45N19O8. The third-order valence-electron chi connectivity index (χ3n) is 13.6. The molecule has 0 radical (unpaired) electrons. The molecule has 27 nitrogen and oxygen atoms in total. The van der Waals surface area contributed by atoms with Crippen LogP contribution in [0, 0.1) is 0 Å². The highest BCUT2D eigenvalue weighted by Gasteiger charge is 2.13. The molecule has 0 spiro atoms. The van der Waals surface area contributed by atoms with Crippen LogP contribution in [0.3, 0.4) is 0 Å². The Balaban J connectivity index is 0.000000108. The first-order chi connectivity index (χ1) is 42.8. The maximum atomic E-state index is 12.0. The number of ether oxygens (including phenoxy) is 4. The van der Waals surface area contributed by atoms with Gasteiger partial charge >= 0.3 is 24.0 Å². The second kappa shape index (κ2) is 23.1. The molecule has 0 aliphatic carbocycles. The van der Waals surface area contributed by atoms with Crippen molar-refractivity contribution in [2.45, 2.75) is 0 Å². The molecule has 16 rings (SSSR count). The average Bonchev–Trinajstić information content (AvgIpc) is 4.53. The van der Waals surface area contributed by atoms with E-state index in [1.165, 1.54) is 24.8 Å². The Morgan fingerprint density at radius 1 is 0.364 bits per heavy atom. The van der Waals surface area contributed by atoms with Crippen molar-refractivity contribution < 1.29 is 18.9 Å². The number of fused-ring (bicyclic) bond motifs is 8. The smallest absolute Gasteiger partial charge is 0.302 e. The van der Waals surface area contributed by atoms with E-state index in [4.69, 9.17) is 18.9 Å². The molecule has 0 bridgehead atoms. The van der Waals surface area contributed by atoms with E-state index in [-0.39, 0.29) is 46.3 Å². The summed E-state index contributed by atoms with van der Waals surface area (Å²) in [6, 6.07) is 31.3. The van der Waals surface area contributed by atoms with Gasteiger partial charge in [-0.3, -0.25) is 73.1 Å². The number of aromatic nitrogens is 19. The molecule has 4 aromatic carbocycles. The van der Waals surface area contributed by atoms with Crippen LogP contribution in [0.15, 0.2) is 197 Å². The van der Waals surface area contributed by atoms with Gasteiger partial charge in [0.15, 0.2) is 0 Å². The summed E-state index contributed by atoms with van der Waals surface area (Å²) in [5.74, 6) is 2.31. The van der Waals surface area contributed by atoms with Crippen molar-refractivity contribution in [3.05, 3.63) is 219 Å². The second-order valence-corrected chi connectivity index (χ2v) is 19.6. The van der Waals surface area contributed by atoms with E-state index in [0.29, 0.717) is 66.6 Å². The molecule has 0 saturated carbocycles. The summed E-state index contributed by atoms with van der Waals surface area (Å²) in [7, 11) is 7.54. The standard InChI is InChI=1S/C16H12N4O2.3C15H11N5O2/c1-20-7-5-10-2-3-11(8-14(10)20)22-16-18-13-9-17-6-4-12(13)15(21)19-16;1-20-8-9-6-10(2-3-12(9)19-20)22-15-17-13-7-16-5-4-11(13)14(21)18-15;1-20-8-9-2-3-10(6-12(9)19-20)22-15-17-13-7-16-5-4-11(13)14(21)18-15;1-20-13-6-10(3-2-9(13)7-17-20)22-15-18-12-8-16-5-4-11(12)14(21)19-15/h2-9H,1H3,(H,18,19,21);2*2-8H,1H3,(H,17,18,21);2-8H,1H3,(H,18,19,21). The molecule has 0 fully saturated rings. The minimum Gasteiger partial charge on any atom is -0.426 e. The lowest BCUT2D eigenvalue weighted by molar-refractivity contribution is 0.442. The van der Waals surface area contributed by atoms with Gasteiger partial charge in [0.05, 0.1) is 96.7 Å². The molecule has 0 unspecified atom stereocenters. The van der Waals surface area contributed by atoms with Crippen molar-refractivity contribution in [3.63, 3.8) is 0 Å². The first-order valence-electron chi connectivity index (χ1n) is 26.7. The summed E-state index contributed by atoms with van der Waals surface area (Å²) >= 11 is 0. The lowest BCUT2D eigenvalue weighted by atomic mass is 10.2. The monoisotopic (exact) mass is 1170 g/mol. The number of benzene rings is 4. The van der Waals surface area contributed by atoms with Crippen molar-refractivity contribution in [2.75, 3.05) is 0 Å². The molecule has 0 aliphatic heterocycles. The highest BCUT2D eigenvalue weighted by atomic mass is 16.5. The molecule has 0 aliphatic rings. The van der Waals surface area contributed by atoms with Crippen LogP contribution >= 0.6 is 0 Å². The Labute approximate surface area is 492 Å². The average molecular weight is 1170 g/mol. The number of hydrogen-bond donors (Lipinski definition) is 4. The summed E-state index contributed by atoms with van der Waals surface area (Å²) in [5.41, 5.74) is 4.60. The van der Waals surface area contributed by atoms with Crippen molar-refractivity contribution in [2.24, 2.45) is 28.2 Å². The molecule has 12 aromatic heterocycles. The Bertz CT molecular complexity index is 5220. The number of nitrogens with zero attached hydrogens (tertiary/aromatic N) is 15. The Morgan fingerprint density at radius 3 is 1.25 bits per heavy atom. The van der Waals surface area contributed by atoms with Gasteiger partial charge in [-0.05, 0) is 90.3 Å². The number of hydrogen-bond acceptors (Lipinski definition) is 19. The van der Waals surface area contributed by atoms with Crippen molar-refractivity contribution in [1.82, 2.24) is 93.7 Å². The molecule has 0 atom stereocenters. The summed E-state index contributed by atoms with van der Waals surface area (Å²) in [5, 5.41) is 18.8. The number of nitrogens with one attached hydrogen (secondary N) is 4. The van der Waals surface area contributed by atoms with Gasteiger partial charge in [-0.25, -0.2) is 0 Å². The molecule has 0 saturated heterocycles. The molecule has 432 valence electrons. The van der Waals surface area contributed by atoms with E-state index in [1.54, 1.807) is 93.6 Å². The highest BCUT2D eigenvalue weighted by molar-refractivity contribution is 5.84. The Kier molecular flexibility index (Phi) is 14.3. The van der Waals surface area contributed by atoms with Crippen LogP contribution in [-0.4, -0.2) is 93.7 Å². The number of rotatable bonds is 8. The number of aromatic amines is 4.